The molecule has 3 nitrogen and oxygen atoms in total. The molecule has 0 bridgehead atoms. The third-order valence-corrected chi connectivity index (χ3v) is 1.51. The molecule has 0 amide bonds. The Hall–Kier alpha value is -1.12. The van der Waals surface area contributed by atoms with Gasteiger partial charge in [0.25, 0.3) is 0 Å². The van der Waals surface area contributed by atoms with Crippen LogP contribution in [0, 0.1) is 5.92 Å². The molecule has 0 fully saturated rings. The lowest BCUT2D eigenvalue weighted by Gasteiger charge is -2.07. The number of rotatable bonds is 0. The minimum Gasteiger partial charge on any atom is -0.292 e. The van der Waals surface area contributed by atoms with E-state index in [-0.39, 0.29) is 0 Å². The van der Waals surface area contributed by atoms with E-state index in [2.05, 4.69) is 15.5 Å². The maximum atomic E-state index is 4.09. The number of allylic oxidation sites excluding steroid dienone is 1. The molecule has 2 rings (SSSR count). The van der Waals surface area contributed by atoms with E-state index in [0.717, 1.165) is 6.54 Å². The van der Waals surface area contributed by atoms with Gasteiger partial charge in [0, 0.05) is 18.1 Å². The molecule has 0 aromatic carbocycles. The zero-order valence-corrected chi connectivity index (χ0v) is 4.91. The Balaban J connectivity index is 2.29. The fraction of sp³-hybridized carbons (Fsp3) is 0.333. The third kappa shape index (κ3) is 0.650. The van der Waals surface area contributed by atoms with Crippen molar-refractivity contribution in [2.75, 3.05) is 6.54 Å². The van der Waals surface area contributed by atoms with Crippen LogP contribution < -0.4 is 5.43 Å². The molecule has 1 atom stereocenters. The maximum absolute atomic E-state index is 4.09. The highest BCUT2D eigenvalue weighted by atomic mass is 15.3. The number of nitrogens with zero attached hydrogens (tertiary/aromatic N) is 2. The van der Waals surface area contributed by atoms with Crippen LogP contribution in [0.5, 0.6) is 0 Å². The molecule has 9 heavy (non-hydrogen) atoms. The molecule has 2 aliphatic rings. The lowest BCUT2D eigenvalue weighted by atomic mass is 10.1. The van der Waals surface area contributed by atoms with Crippen LogP contribution in [0.2, 0.25) is 0 Å². The lowest BCUT2D eigenvalue weighted by Crippen LogP contribution is -2.14. The molecule has 0 aliphatic carbocycles. The van der Waals surface area contributed by atoms with Crippen molar-refractivity contribution in [3.05, 3.63) is 11.8 Å². The summed E-state index contributed by atoms with van der Waals surface area (Å²) in [6.45, 7) is 0.850. The Labute approximate surface area is 53.2 Å². The molecule has 0 radical (unpaired) electrons. The SMILES string of the molecule is C1=NCC2C=NNC2=C1. The van der Waals surface area contributed by atoms with Gasteiger partial charge in [-0.15, -0.1) is 0 Å². The van der Waals surface area contributed by atoms with Crippen LogP contribution in [0.3, 0.4) is 0 Å². The quantitative estimate of drug-likeness (QED) is 0.487. The second-order valence-corrected chi connectivity index (χ2v) is 2.13. The number of hydrazone groups is 1. The van der Waals surface area contributed by atoms with Gasteiger partial charge in [-0.05, 0) is 6.08 Å². The zero-order chi connectivity index (χ0) is 6.10. The van der Waals surface area contributed by atoms with Crippen LogP contribution in [0.1, 0.15) is 0 Å². The van der Waals surface area contributed by atoms with Gasteiger partial charge in [0.1, 0.15) is 0 Å². The van der Waals surface area contributed by atoms with Gasteiger partial charge < -0.3 is 0 Å². The number of nitrogens with one attached hydrogen (secondary N) is 1. The Morgan fingerprint density at radius 3 is 3.56 bits per heavy atom. The van der Waals surface area contributed by atoms with Crippen LogP contribution in [-0.4, -0.2) is 19.0 Å². The third-order valence-electron chi connectivity index (χ3n) is 1.51. The van der Waals surface area contributed by atoms with E-state index in [9.17, 15) is 0 Å². The van der Waals surface area contributed by atoms with Gasteiger partial charge in [0.15, 0.2) is 0 Å². The molecule has 2 heterocycles. The van der Waals surface area contributed by atoms with Gasteiger partial charge in [0.2, 0.25) is 0 Å². The van der Waals surface area contributed by atoms with E-state index in [0.29, 0.717) is 5.92 Å². The van der Waals surface area contributed by atoms with Gasteiger partial charge in [-0.25, -0.2) is 0 Å². The topological polar surface area (TPSA) is 36.8 Å². The summed E-state index contributed by atoms with van der Waals surface area (Å²) >= 11 is 0. The zero-order valence-electron chi connectivity index (χ0n) is 4.91. The standard InChI is InChI=1S/C6H7N3/c1-2-7-3-5-4-8-9-6(1)5/h1-2,4-5,9H,3H2. The predicted octanol–water partition coefficient (Wildman–Crippen LogP) is 0.160. The van der Waals surface area contributed by atoms with Crippen molar-refractivity contribution >= 4 is 12.4 Å². The van der Waals surface area contributed by atoms with Crippen LogP contribution >= 0.6 is 0 Å². The summed E-state index contributed by atoms with van der Waals surface area (Å²) in [4.78, 5) is 4.09. The molecule has 3 heteroatoms. The smallest absolute Gasteiger partial charge is 0.0574 e. The number of fused-ring (bicyclic) bond motifs is 1. The van der Waals surface area contributed by atoms with E-state index in [4.69, 9.17) is 0 Å². The van der Waals surface area contributed by atoms with Crippen LogP contribution in [0.25, 0.3) is 0 Å². The number of dihydropyridines is 1. The fourth-order valence-electron chi connectivity index (χ4n) is 0.979. The second kappa shape index (κ2) is 1.69. The van der Waals surface area contributed by atoms with E-state index in [1.807, 2.05) is 18.5 Å². The Kier molecular flexibility index (Phi) is 0.886. The molecule has 0 aromatic rings. The summed E-state index contributed by atoms with van der Waals surface area (Å²) in [6, 6.07) is 0. The van der Waals surface area contributed by atoms with Crippen molar-refractivity contribution in [3.8, 4) is 0 Å². The van der Waals surface area contributed by atoms with E-state index in [1.54, 1.807) is 0 Å². The van der Waals surface area contributed by atoms with E-state index < -0.39 is 0 Å². The second-order valence-electron chi connectivity index (χ2n) is 2.13. The van der Waals surface area contributed by atoms with Gasteiger partial charge >= 0.3 is 0 Å². The highest BCUT2D eigenvalue weighted by molar-refractivity contribution is 5.79. The summed E-state index contributed by atoms with van der Waals surface area (Å²) in [5.74, 6) is 0.426. The van der Waals surface area contributed by atoms with Gasteiger partial charge in [-0.1, -0.05) is 0 Å². The summed E-state index contributed by atoms with van der Waals surface area (Å²) in [6.07, 6.45) is 5.66. The first-order chi connectivity index (χ1) is 4.47. The first-order valence-corrected chi connectivity index (χ1v) is 2.96. The lowest BCUT2D eigenvalue weighted by molar-refractivity contribution is 0.772. The Morgan fingerprint density at radius 2 is 2.67 bits per heavy atom. The number of hydrogen-bond donors (Lipinski definition) is 1. The molecular weight excluding hydrogens is 114 g/mol. The molecule has 2 aliphatic heterocycles. The Morgan fingerprint density at radius 1 is 1.67 bits per heavy atom. The van der Waals surface area contributed by atoms with Crippen molar-refractivity contribution < 1.29 is 0 Å². The van der Waals surface area contributed by atoms with Crippen LogP contribution in [0.4, 0.5) is 0 Å². The van der Waals surface area contributed by atoms with Crippen molar-refractivity contribution in [2.24, 2.45) is 16.0 Å². The summed E-state index contributed by atoms with van der Waals surface area (Å²) in [7, 11) is 0. The molecule has 0 spiro atoms. The van der Waals surface area contributed by atoms with Crippen molar-refractivity contribution in [2.45, 2.75) is 0 Å². The van der Waals surface area contributed by atoms with Gasteiger partial charge in [-0.3, -0.25) is 10.4 Å². The van der Waals surface area contributed by atoms with Crippen molar-refractivity contribution in [1.29, 1.82) is 0 Å². The molecule has 46 valence electrons. The normalized spacial score (nSPS) is 29.3. The average molecular weight is 121 g/mol. The first kappa shape index (κ1) is 4.73. The molecule has 1 unspecified atom stereocenters. The highest BCUT2D eigenvalue weighted by Gasteiger charge is 2.16. The largest absolute Gasteiger partial charge is 0.292 e. The molecule has 0 saturated heterocycles. The molecule has 0 saturated carbocycles. The van der Waals surface area contributed by atoms with Crippen LogP contribution in [-0.2, 0) is 0 Å². The Bertz CT molecular complexity index is 202. The molecule has 0 aromatic heterocycles. The monoisotopic (exact) mass is 121 g/mol. The van der Waals surface area contributed by atoms with Gasteiger partial charge in [0.05, 0.1) is 12.5 Å². The highest BCUT2D eigenvalue weighted by Crippen LogP contribution is 2.13. The van der Waals surface area contributed by atoms with Crippen molar-refractivity contribution in [3.63, 3.8) is 0 Å². The first-order valence-electron chi connectivity index (χ1n) is 2.96. The number of aliphatic imine (C=N–C) groups is 1. The fourth-order valence-corrected chi connectivity index (χ4v) is 0.979. The van der Waals surface area contributed by atoms with E-state index >= 15 is 0 Å². The summed E-state index contributed by atoms with van der Waals surface area (Å²) < 4.78 is 0. The minimum atomic E-state index is 0.426. The van der Waals surface area contributed by atoms with Crippen LogP contribution in [0.15, 0.2) is 21.9 Å². The number of hydrogen-bond acceptors (Lipinski definition) is 3. The maximum Gasteiger partial charge on any atom is 0.0574 e. The summed E-state index contributed by atoms with van der Waals surface area (Å²) in [5.41, 5.74) is 4.07. The van der Waals surface area contributed by atoms with Gasteiger partial charge in [-0.2, -0.15) is 5.10 Å². The van der Waals surface area contributed by atoms with E-state index in [1.165, 1.54) is 5.70 Å². The average Bonchev–Trinajstić information content (AvgIpc) is 2.33. The predicted molar refractivity (Wildman–Crippen MR) is 36.6 cm³/mol. The minimum absolute atomic E-state index is 0.426. The molecular formula is C6H7N3. The van der Waals surface area contributed by atoms with Crippen molar-refractivity contribution in [1.82, 2.24) is 5.43 Å². The molecule has 1 N–H and O–H groups in total. The summed E-state index contributed by atoms with van der Waals surface area (Å²) in [5, 5.41) is 3.90.